The summed E-state index contributed by atoms with van der Waals surface area (Å²) in [4.78, 5) is 23.9. The summed E-state index contributed by atoms with van der Waals surface area (Å²) in [5.41, 5.74) is 2.39. The number of hydrogen-bond donors (Lipinski definition) is 2. The lowest BCUT2D eigenvalue weighted by atomic mass is 9.98. The average molecular weight is 383 g/mol. The number of ether oxygens (including phenoxy) is 1. The normalized spacial score (nSPS) is 12.1. The van der Waals surface area contributed by atoms with Crippen molar-refractivity contribution in [2.24, 2.45) is 0 Å². The number of carbonyl (C=O) groups is 2. The summed E-state index contributed by atoms with van der Waals surface area (Å²) in [7, 11) is 1.62. The molecule has 2 amide bonds. The number of amides is 2. The lowest BCUT2D eigenvalue weighted by Crippen LogP contribution is -2.40. The molecule has 150 valence electrons. The lowest BCUT2D eigenvalue weighted by Gasteiger charge is -2.24. The van der Waals surface area contributed by atoms with Crippen LogP contribution < -0.4 is 10.6 Å². The molecule has 2 N–H and O–H groups in total. The maximum atomic E-state index is 12.2. The second kappa shape index (κ2) is 9.93. The van der Waals surface area contributed by atoms with Gasteiger partial charge in [0, 0.05) is 18.7 Å². The molecule has 5 heteroatoms. The summed E-state index contributed by atoms with van der Waals surface area (Å²) >= 11 is 0. The van der Waals surface area contributed by atoms with Gasteiger partial charge in [0.25, 0.3) is 5.91 Å². The largest absolute Gasteiger partial charge is 0.444 e. The minimum absolute atomic E-state index is 0.0455. The molecule has 0 aliphatic rings. The minimum Gasteiger partial charge on any atom is -0.444 e. The highest BCUT2D eigenvalue weighted by Crippen LogP contribution is 2.13. The quantitative estimate of drug-likeness (QED) is 0.757. The van der Waals surface area contributed by atoms with Gasteiger partial charge in [-0.2, -0.15) is 0 Å². The van der Waals surface area contributed by atoms with Crippen LogP contribution in [0, 0.1) is 0 Å². The van der Waals surface area contributed by atoms with Gasteiger partial charge in [0.15, 0.2) is 0 Å². The van der Waals surface area contributed by atoms with Crippen LogP contribution in [0.2, 0.25) is 0 Å². The van der Waals surface area contributed by atoms with E-state index < -0.39 is 11.7 Å². The first kappa shape index (κ1) is 21.5. The SMILES string of the molecule is CNC(=O)c1ccc(CCC(Cc2ccccc2)NC(=O)OC(C)(C)C)cc1. The minimum atomic E-state index is -0.531. The van der Waals surface area contributed by atoms with Crippen LogP contribution >= 0.6 is 0 Å². The molecule has 0 fully saturated rings. The Morgan fingerprint density at radius 2 is 1.61 bits per heavy atom. The van der Waals surface area contributed by atoms with Crippen LogP contribution in [0.15, 0.2) is 54.6 Å². The highest BCUT2D eigenvalue weighted by atomic mass is 16.6. The summed E-state index contributed by atoms with van der Waals surface area (Å²) in [6, 6.07) is 17.6. The maximum Gasteiger partial charge on any atom is 0.407 e. The summed E-state index contributed by atoms with van der Waals surface area (Å²) < 4.78 is 5.42. The predicted octanol–water partition coefficient (Wildman–Crippen LogP) is 4.11. The van der Waals surface area contributed by atoms with Crippen molar-refractivity contribution >= 4 is 12.0 Å². The van der Waals surface area contributed by atoms with Crippen LogP contribution in [0.25, 0.3) is 0 Å². The molecule has 2 rings (SSSR count). The van der Waals surface area contributed by atoms with E-state index in [9.17, 15) is 9.59 Å². The molecule has 0 saturated carbocycles. The van der Waals surface area contributed by atoms with E-state index in [0.29, 0.717) is 5.56 Å². The Labute approximate surface area is 167 Å². The van der Waals surface area contributed by atoms with Crippen LogP contribution in [0.4, 0.5) is 4.79 Å². The second-order valence-electron chi connectivity index (χ2n) is 7.85. The molecular formula is C23H30N2O3. The number of hydrogen-bond acceptors (Lipinski definition) is 3. The third-order valence-corrected chi connectivity index (χ3v) is 4.27. The molecular weight excluding hydrogens is 352 g/mol. The molecule has 0 radical (unpaired) electrons. The first-order chi connectivity index (χ1) is 13.3. The molecule has 0 bridgehead atoms. The van der Waals surface area contributed by atoms with E-state index in [4.69, 9.17) is 4.74 Å². The standard InChI is InChI=1S/C23H30N2O3/c1-23(2,3)28-22(27)25-20(16-18-8-6-5-7-9-18)15-12-17-10-13-19(14-11-17)21(26)24-4/h5-11,13-14,20H,12,15-16H2,1-4H3,(H,24,26)(H,25,27). The van der Waals surface area contributed by atoms with E-state index in [2.05, 4.69) is 22.8 Å². The molecule has 0 heterocycles. The number of alkyl carbamates (subject to hydrolysis) is 1. The van der Waals surface area contributed by atoms with Crippen molar-refractivity contribution in [3.63, 3.8) is 0 Å². The molecule has 28 heavy (non-hydrogen) atoms. The van der Waals surface area contributed by atoms with Gasteiger partial charge in [0.1, 0.15) is 5.60 Å². The van der Waals surface area contributed by atoms with Gasteiger partial charge >= 0.3 is 6.09 Å². The summed E-state index contributed by atoms with van der Waals surface area (Å²) in [6.45, 7) is 5.56. The van der Waals surface area contributed by atoms with Gasteiger partial charge in [-0.3, -0.25) is 4.79 Å². The Kier molecular flexibility index (Phi) is 7.61. The molecule has 0 saturated heterocycles. The molecule has 0 aliphatic heterocycles. The first-order valence-electron chi connectivity index (χ1n) is 9.61. The molecule has 0 spiro atoms. The van der Waals surface area contributed by atoms with Crippen LogP contribution in [-0.2, 0) is 17.6 Å². The van der Waals surface area contributed by atoms with E-state index in [0.717, 1.165) is 24.8 Å². The summed E-state index contributed by atoms with van der Waals surface area (Å²) in [5.74, 6) is -0.0971. The van der Waals surface area contributed by atoms with E-state index in [1.54, 1.807) is 7.05 Å². The smallest absolute Gasteiger partial charge is 0.407 e. The van der Waals surface area contributed by atoms with Gasteiger partial charge in [0.05, 0.1) is 0 Å². The average Bonchev–Trinajstić information content (AvgIpc) is 2.65. The van der Waals surface area contributed by atoms with Gasteiger partial charge in [-0.15, -0.1) is 0 Å². The van der Waals surface area contributed by atoms with Crippen LogP contribution in [0.1, 0.15) is 48.7 Å². The zero-order valence-electron chi connectivity index (χ0n) is 17.1. The van der Waals surface area contributed by atoms with Crippen molar-refractivity contribution in [3.8, 4) is 0 Å². The number of aryl methyl sites for hydroxylation is 1. The van der Waals surface area contributed by atoms with Gasteiger partial charge < -0.3 is 15.4 Å². The third-order valence-electron chi connectivity index (χ3n) is 4.27. The number of rotatable bonds is 7. The van der Waals surface area contributed by atoms with Crippen LogP contribution in [0.3, 0.4) is 0 Å². The van der Waals surface area contributed by atoms with Crippen molar-refractivity contribution in [1.29, 1.82) is 0 Å². The maximum absolute atomic E-state index is 12.2. The van der Waals surface area contributed by atoms with Gasteiger partial charge in [0.2, 0.25) is 0 Å². The second-order valence-corrected chi connectivity index (χ2v) is 7.85. The van der Waals surface area contributed by atoms with Gasteiger partial charge in [-0.25, -0.2) is 4.79 Å². The highest BCUT2D eigenvalue weighted by Gasteiger charge is 2.20. The van der Waals surface area contributed by atoms with E-state index in [1.165, 1.54) is 5.56 Å². The van der Waals surface area contributed by atoms with Crippen LogP contribution in [-0.4, -0.2) is 30.7 Å². The monoisotopic (exact) mass is 382 g/mol. The first-order valence-corrected chi connectivity index (χ1v) is 9.61. The van der Waals surface area contributed by atoms with Crippen LogP contribution in [0.5, 0.6) is 0 Å². The van der Waals surface area contributed by atoms with Crippen molar-refractivity contribution < 1.29 is 14.3 Å². The van der Waals surface area contributed by atoms with E-state index in [-0.39, 0.29) is 11.9 Å². The van der Waals surface area contributed by atoms with Gasteiger partial charge in [-0.1, -0.05) is 42.5 Å². The van der Waals surface area contributed by atoms with Gasteiger partial charge in [-0.05, 0) is 63.3 Å². The van der Waals surface area contributed by atoms with Crippen molar-refractivity contribution in [2.45, 2.75) is 51.7 Å². The molecule has 2 aromatic carbocycles. The fourth-order valence-corrected chi connectivity index (χ4v) is 2.91. The number of carbonyl (C=O) groups excluding carboxylic acids is 2. The Morgan fingerprint density at radius 3 is 2.18 bits per heavy atom. The van der Waals surface area contributed by atoms with Crippen molar-refractivity contribution in [3.05, 3.63) is 71.3 Å². The molecule has 5 nitrogen and oxygen atoms in total. The molecule has 2 aromatic rings. The van der Waals surface area contributed by atoms with Crippen molar-refractivity contribution in [2.75, 3.05) is 7.05 Å². The third kappa shape index (κ3) is 7.43. The fourth-order valence-electron chi connectivity index (χ4n) is 2.91. The molecule has 1 unspecified atom stereocenters. The molecule has 0 aromatic heterocycles. The van der Waals surface area contributed by atoms with Crippen molar-refractivity contribution in [1.82, 2.24) is 10.6 Å². The highest BCUT2D eigenvalue weighted by molar-refractivity contribution is 5.93. The molecule has 1 atom stereocenters. The summed E-state index contributed by atoms with van der Waals surface area (Å²) in [6.07, 6.45) is 1.90. The number of benzene rings is 2. The summed E-state index contributed by atoms with van der Waals surface area (Å²) in [5, 5.41) is 5.62. The van der Waals surface area contributed by atoms with E-state index >= 15 is 0 Å². The Bertz CT molecular complexity index is 765. The molecule has 0 aliphatic carbocycles. The fraction of sp³-hybridized carbons (Fsp3) is 0.391. The van der Waals surface area contributed by atoms with E-state index in [1.807, 2.05) is 63.2 Å². The Hall–Kier alpha value is -2.82. The predicted molar refractivity (Wildman–Crippen MR) is 111 cm³/mol. The zero-order chi connectivity index (χ0) is 20.6. The Morgan fingerprint density at radius 1 is 0.964 bits per heavy atom. The topological polar surface area (TPSA) is 67.4 Å². The lowest BCUT2D eigenvalue weighted by molar-refractivity contribution is 0.0501. The number of nitrogens with one attached hydrogen (secondary N) is 2. The zero-order valence-corrected chi connectivity index (χ0v) is 17.1. The Balaban J connectivity index is 2.02.